The summed E-state index contributed by atoms with van der Waals surface area (Å²) >= 11 is 0. The minimum Gasteiger partial charge on any atom is -0.501 e. The van der Waals surface area contributed by atoms with Gasteiger partial charge in [-0.3, -0.25) is 9.97 Å². The third kappa shape index (κ3) is 6.90. The van der Waals surface area contributed by atoms with Crippen LogP contribution in [-0.2, 0) is 38.3 Å². The molecule has 276 valence electrons. The molecule has 4 aromatic carbocycles. The van der Waals surface area contributed by atoms with Gasteiger partial charge in [-0.2, -0.15) is 0 Å². The summed E-state index contributed by atoms with van der Waals surface area (Å²) in [5.74, 6) is 0.505. The zero-order valence-electron chi connectivity index (χ0n) is 32.7. The second kappa shape index (κ2) is 13.9. The predicted octanol–water partition coefficient (Wildman–Crippen LogP) is 12.4. The standard InChI is InChI=1S/C47H46N4O2.Pt/c1-26(2)38-22-40(50-24-48-38)36-18-28(16-34-32-13-11-30(46(5,6)7)20-42(32)52-44(34)36)15-29-17-35-33-14-12-31(47(8,9)10)21-43(33)53-45(35)37(19-29)41-23-39(27(3)4)49-25-51-41;/h11-14,16-17,20-27H,15H2,1-10H3;/q-2;+2. The van der Waals surface area contributed by atoms with Crippen LogP contribution < -0.4 is 0 Å². The fourth-order valence-corrected chi connectivity index (χ4v) is 7.09. The summed E-state index contributed by atoms with van der Waals surface area (Å²) < 4.78 is 13.4. The zero-order valence-corrected chi connectivity index (χ0v) is 35.0. The van der Waals surface area contributed by atoms with Gasteiger partial charge in [0.2, 0.25) is 0 Å². The van der Waals surface area contributed by atoms with Gasteiger partial charge in [-0.15, -0.1) is 35.4 Å². The molecule has 0 amide bonds. The van der Waals surface area contributed by atoms with E-state index in [1.54, 1.807) is 12.7 Å². The van der Waals surface area contributed by atoms with Crippen molar-refractivity contribution in [1.82, 2.24) is 19.9 Å². The zero-order chi connectivity index (χ0) is 37.4. The monoisotopic (exact) mass is 893 g/mol. The van der Waals surface area contributed by atoms with Gasteiger partial charge in [0.05, 0.1) is 11.2 Å². The van der Waals surface area contributed by atoms with Crippen molar-refractivity contribution in [3.05, 3.63) is 119 Å². The molecule has 0 saturated heterocycles. The summed E-state index contributed by atoms with van der Waals surface area (Å²) in [7, 11) is 0. The Morgan fingerprint density at radius 1 is 0.537 bits per heavy atom. The van der Waals surface area contributed by atoms with E-state index in [0.717, 1.165) is 88.9 Å². The van der Waals surface area contributed by atoms with Crippen LogP contribution in [0.25, 0.3) is 66.4 Å². The second-order valence-corrected chi connectivity index (χ2v) is 17.1. The molecule has 4 heterocycles. The Balaban J connectivity index is 0.00000450. The number of furan rings is 2. The Morgan fingerprint density at radius 3 is 1.31 bits per heavy atom. The molecule has 8 aromatic rings. The summed E-state index contributed by atoms with van der Waals surface area (Å²) in [6.45, 7) is 21.9. The first-order chi connectivity index (χ1) is 25.1. The van der Waals surface area contributed by atoms with Gasteiger partial charge in [-0.1, -0.05) is 128 Å². The molecule has 4 aromatic heterocycles. The van der Waals surface area contributed by atoms with Gasteiger partial charge in [0.1, 0.15) is 23.8 Å². The topological polar surface area (TPSA) is 77.8 Å². The van der Waals surface area contributed by atoms with Crippen molar-refractivity contribution in [3.63, 3.8) is 0 Å². The predicted molar refractivity (Wildman–Crippen MR) is 216 cm³/mol. The van der Waals surface area contributed by atoms with Crippen molar-refractivity contribution in [1.29, 1.82) is 0 Å². The summed E-state index contributed by atoms with van der Waals surface area (Å²) in [6, 6.07) is 29.2. The Bertz CT molecular complexity index is 2500. The first-order valence-electron chi connectivity index (χ1n) is 18.6. The van der Waals surface area contributed by atoms with Crippen LogP contribution in [0, 0.1) is 12.1 Å². The molecule has 0 radical (unpaired) electrons. The SMILES string of the molecule is CC(C)c1cc(-c2[c-]c(Cc3[c-]c(-c4cc(C(C)C)ncn4)c4oc5cc(C(C)(C)C)ccc5c4c3)cc3c2oc2cc(C(C)(C)C)ccc23)ncn1.[Pt+2]. The Labute approximate surface area is 332 Å². The van der Waals surface area contributed by atoms with Crippen molar-refractivity contribution in [2.45, 2.75) is 98.3 Å². The number of fused-ring (bicyclic) bond motifs is 6. The van der Waals surface area contributed by atoms with Crippen molar-refractivity contribution in [3.8, 4) is 22.5 Å². The molecule has 54 heavy (non-hydrogen) atoms. The first-order valence-corrected chi connectivity index (χ1v) is 18.6. The molecule has 7 heteroatoms. The van der Waals surface area contributed by atoms with E-state index in [0.29, 0.717) is 6.42 Å². The molecule has 6 nitrogen and oxygen atoms in total. The molecule has 8 rings (SSSR count). The largest absolute Gasteiger partial charge is 2.00 e. The molecule has 0 N–H and O–H groups in total. The number of benzene rings is 4. The van der Waals surface area contributed by atoms with Crippen molar-refractivity contribution >= 4 is 43.9 Å². The van der Waals surface area contributed by atoms with Gasteiger partial charge < -0.3 is 8.83 Å². The van der Waals surface area contributed by atoms with Crippen molar-refractivity contribution in [2.75, 3.05) is 0 Å². The third-order valence-corrected chi connectivity index (χ3v) is 10.3. The molecule has 0 saturated carbocycles. The number of hydrogen-bond acceptors (Lipinski definition) is 6. The van der Waals surface area contributed by atoms with Gasteiger partial charge in [-0.25, -0.2) is 9.97 Å². The molecule has 0 atom stereocenters. The Kier molecular flexibility index (Phi) is 9.67. The summed E-state index contributed by atoms with van der Waals surface area (Å²) in [6.07, 6.45) is 3.87. The molecule has 0 unspecified atom stereocenters. The minimum atomic E-state index is -0.0105. The van der Waals surface area contributed by atoms with Crippen LogP contribution in [0.2, 0.25) is 0 Å². The Hall–Kier alpha value is -4.67. The average Bonchev–Trinajstić information content (AvgIpc) is 3.68. The number of rotatable bonds is 6. The van der Waals surface area contributed by atoms with Crippen LogP contribution in [0.4, 0.5) is 0 Å². The van der Waals surface area contributed by atoms with Crippen LogP contribution in [0.1, 0.15) is 115 Å². The molecular weight excluding hydrogens is 848 g/mol. The van der Waals surface area contributed by atoms with Gasteiger partial charge in [-0.05, 0) is 63.7 Å². The molecule has 0 bridgehead atoms. The van der Waals surface area contributed by atoms with Crippen molar-refractivity contribution < 1.29 is 29.9 Å². The van der Waals surface area contributed by atoms with Gasteiger partial charge in [0.25, 0.3) is 0 Å². The number of hydrogen-bond donors (Lipinski definition) is 0. The van der Waals surface area contributed by atoms with E-state index >= 15 is 0 Å². The van der Waals surface area contributed by atoms with Gasteiger partial charge in [0, 0.05) is 22.2 Å². The normalized spacial score (nSPS) is 12.5. The van der Waals surface area contributed by atoms with E-state index < -0.39 is 0 Å². The van der Waals surface area contributed by atoms with Gasteiger partial charge in [0.15, 0.2) is 0 Å². The number of nitrogens with zero attached hydrogens (tertiary/aromatic N) is 4. The van der Waals surface area contributed by atoms with Crippen LogP contribution in [-0.4, -0.2) is 19.9 Å². The second-order valence-electron chi connectivity index (χ2n) is 17.1. The Morgan fingerprint density at radius 2 is 0.944 bits per heavy atom. The summed E-state index contributed by atoms with van der Waals surface area (Å²) in [5, 5.41) is 4.22. The maximum absolute atomic E-state index is 6.69. The molecule has 0 aliphatic rings. The average molecular weight is 894 g/mol. The summed E-state index contributed by atoms with van der Waals surface area (Å²) in [4.78, 5) is 18.6. The molecule has 0 spiro atoms. The van der Waals surface area contributed by atoms with Crippen LogP contribution >= 0.6 is 0 Å². The smallest absolute Gasteiger partial charge is 0.501 e. The van der Waals surface area contributed by atoms with Crippen molar-refractivity contribution in [2.24, 2.45) is 0 Å². The van der Waals surface area contributed by atoms with Crippen LogP contribution in [0.5, 0.6) is 0 Å². The van der Waals surface area contributed by atoms with E-state index in [-0.39, 0.29) is 43.7 Å². The maximum atomic E-state index is 6.69. The van der Waals surface area contributed by atoms with E-state index in [2.05, 4.69) is 152 Å². The van der Waals surface area contributed by atoms with E-state index in [1.165, 1.54) is 11.1 Å². The number of aromatic nitrogens is 4. The molecule has 0 aliphatic carbocycles. The van der Waals surface area contributed by atoms with Crippen LogP contribution in [0.3, 0.4) is 0 Å². The van der Waals surface area contributed by atoms with Gasteiger partial charge >= 0.3 is 21.1 Å². The minimum absolute atomic E-state index is 0. The molecule has 0 aliphatic heterocycles. The first kappa shape index (κ1) is 37.6. The quantitative estimate of drug-likeness (QED) is 0.155. The third-order valence-electron chi connectivity index (χ3n) is 10.3. The maximum Gasteiger partial charge on any atom is 2.00 e. The van der Waals surface area contributed by atoms with Crippen LogP contribution in [0.15, 0.2) is 82.2 Å². The molecular formula is C47H46N4O2Pt. The van der Waals surface area contributed by atoms with E-state index in [1.807, 2.05) is 0 Å². The van der Waals surface area contributed by atoms with E-state index in [4.69, 9.17) is 18.8 Å². The van der Waals surface area contributed by atoms with E-state index in [9.17, 15) is 0 Å². The summed E-state index contributed by atoms with van der Waals surface area (Å²) in [5.41, 5.74) is 12.9. The molecule has 0 fully saturated rings. The fourth-order valence-electron chi connectivity index (χ4n) is 7.09. The fraction of sp³-hybridized carbons (Fsp3) is 0.319.